The van der Waals surface area contributed by atoms with E-state index >= 15 is 0 Å². The normalized spacial score (nSPS) is 14.2. The molecule has 0 saturated carbocycles. The van der Waals surface area contributed by atoms with Crippen molar-refractivity contribution in [3.05, 3.63) is 42.5 Å². The Labute approximate surface area is 143 Å². The van der Waals surface area contributed by atoms with E-state index in [1.165, 1.54) is 18.4 Å². The Kier molecular flexibility index (Phi) is 4.98. The van der Waals surface area contributed by atoms with Crippen molar-refractivity contribution in [3.8, 4) is 0 Å². The molecule has 1 aliphatic rings. The van der Waals surface area contributed by atoms with E-state index in [9.17, 15) is 13.2 Å². The molecule has 0 spiro atoms. The summed E-state index contributed by atoms with van der Waals surface area (Å²) in [4.78, 5) is 12.1. The Balaban J connectivity index is 1.56. The lowest BCUT2D eigenvalue weighted by Gasteiger charge is -2.11. The Morgan fingerprint density at radius 3 is 2.68 bits per heavy atom. The zero-order chi connectivity index (χ0) is 17.7. The molecule has 1 N–H and O–H groups in total. The minimum Gasteiger partial charge on any atom is -0.494 e. The molecule has 2 heterocycles. The number of benzene rings is 1. The maximum Gasteiger partial charge on any atom is 0.322 e. The summed E-state index contributed by atoms with van der Waals surface area (Å²) in [5, 5.41) is 9.74. The van der Waals surface area contributed by atoms with Gasteiger partial charge < -0.3 is 13.9 Å². The van der Waals surface area contributed by atoms with Gasteiger partial charge in [0.1, 0.15) is 19.5 Å². The van der Waals surface area contributed by atoms with Gasteiger partial charge in [-0.25, -0.2) is 8.42 Å². The van der Waals surface area contributed by atoms with Crippen molar-refractivity contribution in [3.63, 3.8) is 0 Å². The fourth-order valence-electron chi connectivity index (χ4n) is 2.01. The Hall–Kier alpha value is -2.88. The highest BCUT2D eigenvalue weighted by Crippen LogP contribution is 2.19. The second kappa shape index (κ2) is 7.34. The van der Waals surface area contributed by atoms with Crippen LogP contribution in [0.5, 0.6) is 0 Å². The van der Waals surface area contributed by atoms with E-state index in [1.807, 2.05) is 0 Å². The van der Waals surface area contributed by atoms with Crippen LogP contribution in [0.25, 0.3) is 5.76 Å². The fraction of sp³-hybridized carbons (Fsp3) is 0.267. The van der Waals surface area contributed by atoms with Crippen molar-refractivity contribution in [2.75, 3.05) is 24.3 Å². The number of ether oxygens (including phenoxy) is 2. The molecule has 0 unspecified atom stereocenters. The number of amides is 1. The van der Waals surface area contributed by atoms with E-state index in [0.717, 1.165) is 0 Å². The molecule has 1 aromatic heterocycles. The third kappa shape index (κ3) is 4.35. The van der Waals surface area contributed by atoms with Gasteiger partial charge in [0, 0.05) is 6.42 Å². The molecule has 0 aliphatic carbocycles. The zero-order valence-corrected chi connectivity index (χ0v) is 13.9. The van der Waals surface area contributed by atoms with Crippen LogP contribution in [0.2, 0.25) is 0 Å². The van der Waals surface area contributed by atoms with Crippen LogP contribution in [0.15, 0.2) is 45.9 Å². The van der Waals surface area contributed by atoms with Crippen molar-refractivity contribution >= 4 is 27.5 Å². The van der Waals surface area contributed by atoms with Gasteiger partial charge in [0.2, 0.25) is 11.7 Å². The number of sulfone groups is 1. The molecule has 3 rings (SSSR count). The van der Waals surface area contributed by atoms with E-state index in [2.05, 4.69) is 15.5 Å². The van der Waals surface area contributed by atoms with Crippen molar-refractivity contribution in [2.24, 2.45) is 0 Å². The first-order valence-electron chi connectivity index (χ1n) is 7.41. The molecule has 10 heteroatoms. The van der Waals surface area contributed by atoms with Crippen LogP contribution in [0.1, 0.15) is 12.3 Å². The van der Waals surface area contributed by atoms with Crippen molar-refractivity contribution in [1.29, 1.82) is 0 Å². The number of aromatic nitrogens is 2. The van der Waals surface area contributed by atoms with E-state index < -0.39 is 15.7 Å². The van der Waals surface area contributed by atoms with Gasteiger partial charge in [-0.15, -0.1) is 5.10 Å². The highest BCUT2D eigenvalue weighted by molar-refractivity contribution is 7.91. The molecule has 0 radical (unpaired) electrons. The second-order valence-corrected chi connectivity index (χ2v) is 7.15. The molecular weight excluding hydrogens is 350 g/mol. The SMILES string of the molecule is O=C(CCS(=O)(=O)c1ccccc1)Nc1nnc(C2=COCCO2)o1. The van der Waals surface area contributed by atoms with E-state index in [1.54, 1.807) is 18.2 Å². The minimum absolute atomic E-state index is 0.0620. The molecule has 0 atom stereocenters. The maximum absolute atomic E-state index is 12.1. The van der Waals surface area contributed by atoms with Crippen molar-refractivity contribution < 1.29 is 27.1 Å². The smallest absolute Gasteiger partial charge is 0.322 e. The van der Waals surface area contributed by atoms with Crippen LogP contribution in [-0.4, -0.2) is 43.5 Å². The quantitative estimate of drug-likeness (QED) is 0.811. The largest absolute Gasteiger partial charge is 0.494 e. The number of hydrogen-bond donors (Lipinski definition) is 1. The molecular formula is C15H15N3O6S. The van der Waals surface area contributed by atoms with Crippen LogP contribution in [0.4, 0.5) is 6.01 Å². The summed E-state index contributed by atoms with van der Waals surface area (Å²) in [6.45, 7) is 0.782. The van der Waals surface area contributed by atoms with E-state index in [4.69, 9.17) is 13.9 Å². The monoisotopic (exact) mass is 365 g/mol. The number of rotatable bonds is 6. The van der Waals surface area contributed by atoms with Gasteiger partial charge in [0.05, 0.1) is 10.6 Å². The average molecular weight is 365 g/mol. The number of carbonyl (C=O) groups excluding carboxylic acids is 1. The molecule has 9 nitrogen and oxygen atoms in total. The predicted octanol–water partition coefficient (Wildman–Crippen LogP) is 1.22. The first kappa shape index (κ1) is 17.0. The summed E-state index contributed by atoms with van der Waals surface area (Å²) in [6, 6.07) is 7.79. The Morgan fingerprint density at radius 1 is 1.16 bits per heavy atom. The number of nitrogens with one attached hydrogen (secondary N) is 1. The molecule has 1 amide bonds. The summed E-state index contributed by atoms with van der Waals surface area (Å²) in [5.74, 6) is -0.548. The van der Waals surface area contributed by atoms with Crippen LogP contribution >= 0.6 is 0 Å². The van der Waals surface area contributed by atoms with Gasteiger partial charge in [-0.1, -0.05) is 23.3 Å². The lowest BCUT2D eigenvalue weighted by atomic mass is 10.4. The third-order valence-electron chi connectivity index (χ3n) is 3.23. The lowest BCUT2D eigenvalue weighted by Crippen LogP contribution is -2.17. The van der Waals surface area contributed by atoms with E-state index in [0.29, 0.717) is 13.2 Å². The van der Waals surface area contributed by atoms with Crippen LogP contribution in [-0.2, 0) is 24.1 Å². The minimum atomic E-state index is -3.53. The van der Waals surface area contributed by atoms with Gasteiger partial charge >= 0.3 is 6.01 Å². The van der Waals surface area contributed by atoms with Gasteiger partial charge in [-0.2, -0.15) is 0 Å². The summed E-state index contributed by atoms with van der Waals surface area (Å²) in [6.07, 6.45) is 1.10. The van der Waals surface area contributed by atoms with Crippen molar-refractivity contribution in [2.45, 2.75) is 11.3 Å². The van der Waals surface area contributed by atoms with Crippen molar-refractivity contribution in [1.82, 2.24) is 10.2 Å². The van der Waals surface area contributed by atoms with Crippen LogP contribution in [0, 0.1) is 0 Å². The number of nitrogens with zero attached hydrogens (tertiary/aromatic N) is 2. The van der Waals surface area contributed by atoms with E-state index in [-0.39, 0.29) is 34.7 Å². The average Bonchev–Trinajstić information content (AvgIpc) is 3.10. The zero-order valence-electron chi connectivity index (χ0n) is 13.0. The molecule has 0 fully saturated rings. The number of carbonyl (C=O) groups is 1. The van der Waals surface area contributed by atoms with Crippen LogP contribution in [0.3, 0.4) is 0 Å². The summed E-state index contributed by atoms with van der Waals surface area (Å²) in [5.41, 5.74) is 0. The second-order valence-electron chi connectivity index (χ2n) is 5.04. The molecule has 1 aromatic carbocycles. The van der Waals surface area contributed by atoms with Crippen LogP contribution < -0.4 is 5.32 Å². The number of anilines is 1. The molecule has 0 saturated heterocycles. The predicted molar refractivity (Wildman–Crippen MR) is 85.9 cm³/mol. The van der Waals surface area contributed by atoms with Gasteiger partial charge in [0.25, 0.3) is 5.89 Å². The highest BCUT2D eigenvalue weighted by Gasteiger charge is 2.19. The molecule has 1 aliphatic heterocycles. The molecule has 2 aromatic rings. The summed E-state index contributed by atoms with van der Waals surface area (Å²) in [7, 11) is -3.53. The van der Waals surface area contributed by atoms with Gasteiger partial charge in [-0.3, -0.25) is 10.1 Å². The summed E-state index contributed by atoms with van der Waals surface area (Å²) >= 11 is 0. The number of hydrogen-bond acceptors (Lipinski definition) is 8. The van der Waals surface area contributed by atoms with Gasteiger partial charge in [0.15, 0.2) is 9.84 Å². The fourth-order valence-corrected chi connectivity index (χ4v) is 3.27. The summed E-state index contributed by atoms with van der Waals surface area (Å²) < 4.78 is 39.8. The van der Waals surface area contributed by atoms with Gasteiger partial charge in [-0.05, 0) is 12.1 Å². The third-order valence-corrected chi connectivity index (χ3v) is 4.96. The first-order chi connectivity index (χ1) is 12.0. The highest BCUT2D eigenvalue weighted by atomic mass is 32.2. The Morgan fingerprint density at radius 2 is 1.96 bits per heavy atom. The standard InChI is InChI=1S/C15H15N3O6S/c19-13(6-9-25(20,21)11-4-2-1-3-5-11)16-15-18-17-14(24-15)12-10-22-7-8-23-12/h1-5,10H,6-9H2,(H,16,18,19). The molecule has 0 bridgehead atoms. The molecule has 25 heavy (non-hydrogen) atoms. The molecule has 132 valence electrons. The lowest BCUT2D eigenvalue weighted by molar-refractivity contribution is -0.116. The maximum atomic E-state index is 12.1. The topological polar surface area (TPSA) is 121 Å². The Bertz CT molecular complexity index is 876. The first-order valence-corrected chi connectivity index (χ1v) is 9.06.